The fourth-order valence-electron chi connectivity index (χ4n) is 3.02. The molecule has 0 radical (unpaired) electrons. The summed E-state index contributed by atoms with van der Waals surface area (Å²) in [6.45, 7) is 4.82. The topological polar surface area (TPSA) is 93.5 Å². The van der Waals surface area contributed by atoms with Gasteiger partial charge in [0, 0.05) is 12.2 Å². The van der Waals surface area contributed by atoms with Crippen LogP contribution in [0.4, 0.5) is 5.69 Å². The van der Waals surface area contributed by atoms with Crippen molar-refractivity contribution >= 4 is 23.5 Å². The fourth-order valence-corrected chi connectivity index (χ4v) is 3.02. The SMILES string of the molecule is COC(=O)c1cc2n(n1)CCN(C(=O)C(=O)Nc1cc(C)cc(C)c1)C2. The molecule has 8 nitrogen and oxygen atoms in total. The third-order valence-electron chi connectivity index (χ3n) is 4.15. The van der Waals surface area contributed by atoms with Crippen molar-refractivity contribution in [1.82, 2.24) is 14.7 Å². The zero-order valence-electron chi connectivity index (χ0n) is 14.9. The Kier molecular flexibility index (Phi) is 4.75. The molecule has 3 rings (SSSR count). The summed E-state index contributed by atoms with van der Waals surface area (Å²) >= 11 is 0. The number of benzene rings is 1. The number of aryl methyl sites for hydroxylation is 2. The van der Waals surface area contributed by atoms with Crippen LogP contribution in [0.3, 0.4) is 0 Å². The summed E-state index contributed by atoms with van der Waals surface area (Å²) in [5.74, 6) is -1.83. The number of rotatable bonds is 2. The van der Waals surface area contributed by atoms with Gasteiger partial charge in [0.1, 0.15) is 0 Å². The molecule has 1 N–H and O–H groups in total. The first-order valence-corrected chi connectivity index (χ1v) is 8.21. The Labute approximate surface area is 150 Å². The van der Waals surface area contributed by atoms with Crippen LogP contribution in [0.1, 0.15) is 27.3 Å². The van der Waals surface area contributed by atoms with Crippen LogP contribution in [0, 0.1) is 13.8 Å². The number of carbonyl (C=O) groups is 3. The number of ether oxygens (including phenoxy) is 1. The second-order valence-corrected chi connectivity index (χ2v) is 6.29. The number of amides is 2. The molecule has 2 aromatic rings. The Bertz CT molecular complexity index is 867. The molecule has 1 aliphatic heterocycles. The number of fused-ring (bicyclic) bond motifs is 1. The molecular formula is C18H20N4O4. The van der Waals surface area contributed by atoms with Gasteiger partial charge in [-0.25, -0.2) is 4.79 Å². The highest BCUT2D eigenvalue weighted by Crippen LogP contribution is 2.16. The zero-order valence-corrected chi connectivity index (χ0v) is 14.9. The highest BCUT2D eigenvalue weighted by molar-refractivity contribution is 6.39. The third-order valence-corrected chi connectivity index (χ3v) is 4.15. The van der Waals surface area contributed by atoms with E-state index in [4.69, 9.17) is 0 Å². The maximum absolute atomic E-state index is 12.5. The van der Waals surface area contributed by atoms with E-state index in [-0.39, 0.29) is 12.2 Å². The highest BCUT2D eigenvalue weighted by Gasteiger charge is 2.28. The quantitative estimate of drug-likeness (QED) is 0.646. The van der Waals surface area contributed by atoms with Crippen molar-refractivity contribution in [3.8, 4) is 0 Å². The molecule has 0 aliphatic carbocycles. The van der Waals surface area contributed by atoms with Crippen LogP contribution < -0.4 is 5.32 Å². The van der Waals surface area contributed by atoms with Crippen LogP contribution in [-0.4, -0.2) is 46.1 Å². The van der Waals surface area contributed by atoms with Gasteiger partial charge in [-0.1, -0.05) is 6.07 Å². The zero-order chi connectivity index (χ0) is 18.8. The monoisotopic (exact) mass is 356 g/mol. The van der Waals surface area contributed by atoms with Crippen LogP contribution in [0.2, 0.25) is 0 Å². The largest absolute Gasteiger partial charge is 0.464 e. The van der Waals surface area contributed by atoms with Crippen molar-refractivity contribution < 1.29 is 19.1 Å². The molecule has 1 aliphatic rings. The predicted octanol–water partition coefficient (Wildman–Crippen LogP) is 1.27. The number of methoxy groups -OCH3 is 1. The number of hydrogen-bond acceptors (Lipinski definition) is 5. The van der Waals surface area contributed by atoms with Crippen LogP contribution in [0.15, 0.2) is 24.3 Å². The Morgan fingerprint density at radius 2 is 1.77 bits per heavy atom. The highest BCUT2D eigenvalue weighted by atomic mass is 16.5. The van der Waals surface area contributed by atoms with Crippen LogP contribution in [0.25, 0.3) is 0 Å². The lowest BCUT2D eigenvalue weighted by molar-refractivity contribution is -0.144. The first-order valence-electron chi connectivity index (χ1n) is 8.21. The second-order valence-electron chi connectivity index (χ2n) is 6.29. The number of nitrogens with zero attached hydrogens (tertiary/aromatic N) is 3. The van der Waals surface area contributed by atoms with E-state index in [1.165, 1.54) is 12.0 Å². The molecule has 136 valence electrons. The van der Waals surface area contributed by atoms with E-state index in [0.29, 0.717) is 24.5 Å². The van der Waals surface area contributed by atoms with E-state index in [1.54, 1.807) is 10.7 Å². The van der Waals surface area contributed by atoms with Gasteiger partial charge in [-0.3, -0.25) is 14.3 Å². The molecule has 0 saturated carbocycles. The van der Waals surface area contributed by atoms with Crippen LogP contribution in [0.5, 0.6) is 0 Å². The minimum atomic E-state index is -0.684. The molecule has 1 aromatic heterocycles. The third kappa shape index (κ3) is 3.58. The minimum absolute atomic E-state index is 0.191. The molecule has 0 atom stereocenters. The van der Waals surface area contributed by atoms with E-state index in [1.807, 2.05) is 32.0 Å². The molecule has 0 fully saturated rings. The molecule has 26 heavy (non-hydrogen) atoms. The summed E-state index contributed by atoms with van der Waals surface area (Å²) < 4.78 is 6.30. The molecule has 0 spiro atoms. The first kappa shape index (κ1) is 17.7. The summed E-state index contributed by atoms with van der Waals surface area (Å²) in [5.41, 5.74) is 3.48. The van der Waals surface area contributed by atoms with Crippen molar-refractivity contribution in [2.24, 2.45) is 0 Å². The summed E-state index contributed by atoms with van der Waals surface area (Å²) in [7, 11) is 1.29. The van der Waals surface area contributed by atoms with Gasteiger partial charge in [0.25, 0.3) is 0 Å². The summed E-state index contributed by atoms with van der Waals surface area (Å²) in [4.78, 5) is 37.8. The Balaban J connectivity index is 1.69. The Morgan fingerprint density at radius 1 is 1.08 bits per heavy atom. The average Bonchev–Trinajstić information content (AvgIpc) is 3.02. The fraction of sp³-hybridized carbons (Fsp3) is 0.333. The molecule has 0 unspecified atom stereocenters. The summed E-state index contributed by atoms with van der Waals surface area (Å²) in [5, 5.41) is 6.80. The van der Waals surface area contributed by atoms with Crippen molar-refractivity contribution in [2.45, 2.75) is 26.9 Å². The average molecular weight is 356 g/mol. The van der Waals surface area contributed by atoms with Gasteiger partial charge in [0.15, 0.2) is 5.69 Å². The number of nitrogens with one attached hydrogen (secondary N) is 1. The van der Waals surface area contributed by atoms with Gasteiger partial charge in [0.2, 0.25) is 0 Å². The van der Waals surface area contributed by atoms with Crippen molar-refractivity contribution in [3.05, 3.63) is 46.8 Å². The summed E-state index contributed by atoms with van der Waals surface area (Å²) in [6.07, 6.45) is 0. The Hall–Kier alpha value is -3.16. The maximum Gasteiger partial charge on any atom is 0.358 e. The molecular weight excluding hydrogens is 336 g/mol. The van der Waals surface area contributed by atoms with E-state index in [2.05, 4.69) is 15.2 Å². The van der Waals surface area contributed by atoms with E-state index in [9.17, 15) is 14.4 Å². The van der Waals surface area contributed by atoms with Gasteiger partial charge in [-0.2, -0.15) is 5.10 Å². The van der Waals surface area contributed by atoms with E-state index in [0.717, 1.165) is 11.1 Å². The number of hydrogen-bond donors (Lipinski definition) is 1. The molecule has 0 saturated heterocycles. The first-order chi connectivity index (χ1) is 12.4. The van der Waals surface area contributed by atoms with Gasteiger partial charge >= 0.3 is 17.8 Å². The van der Waals surface area contributed by atoms with Crippen molar-refractivity contribution in [1.29, 1.82) is 0 Å². The number of esters is 1. The van der Waals surface area contributed by atoms with Gasteiger partial charge in [-0.05, 0) is 43.2 Å². The number of anilines is 1. The van der Waals surface area contributed by atoms with E-state index >= 15 is 0 Å². The summed E-state index contributed by atoms with van der Waals surface area (Å²) in [6, 6.07) is 7.19. The van der Waals surface area contributed by atoms with Gasteiger partial charge in [-0.15, -0.1) is 0 Å². The number of aromatic nitrogens is 2. The molecule has 0 bridgehead atoms. The molecule has 2 amide bonds. The standard InChI is InChI=1S/C18H20N4O4/c1-11-6-12(2)8-13(7-11)19-16(23)17(24)21-4-5-22-14(10-21)9-15(20-22)18(25)26-3/h6-9H,4-5,10H2,1-3H3,(H,19,23). The Morgan fingerprint density at radius 3 is 2.42 bits per heavy atom. The lowest BCUT2D eigenvalue weighted by Gasteiger charge is -2.27. The minimum Gasteiger partial charge on any atom is -0.464 e. The van der Waals surface area contributed by atoms with Crippen LogP contribution >= 0.6 is 0 Å². The maximum atomic E-state index is 12.5. The normalized spacial score (nSPS) is 13.1. The van der Waals surface area contributed by atoms with Gasteiger partial charge < -0.3 is 15.0 Å². The lowest BCUT2D eigenvalue weighted by Crippen LogP contribution is -2.44. The lowest BCUT2D eigenvalue weighted by atomic mass is 10.1. The molecule has 8 heteroatoms. The van der Waals surface area contributed by atoms with Gasteiger partial charge in [0.05, 0.1) is 25.9 Å². The predicted molar refractivity (Wildman–Crippen MR) is 93.5 cm³/mol. The van der Waals surface area contributed by atoms with E-state index < -0.39 is 17.8 Å². The number of carbonyl (C=O) groups excluding carboxylic acids is 3. The van der Waals surface area contributed by atoms with Crippen LogP contribution in [-0.2, 0) is 27.4 Å². The van der Waals surface area contributed by atoms with Crippen molar-refractivity contribution in [3.63, 3.8) is 0 Å². The molecule has 1 aromatic carbocycles. The second kappa shape index (κ2) is 6.99. The smallest absolute Gasteiger partial charge is 0.358 e. The van der Waals surface area contributed by atoms with Crippen molar-refractivity contribution in [2.75, 3.05) is 19.0 Å². The molecule has 2 heterocycles.